The third-order valence-electron chi connectivity index (χ3n) is 2.43. The molecule has 2 nitrogen and oxygen atoms in total. The first-order valence-electron chi connectivity index (χ1n) is 5.19. The van der Waals surface area contributed by atoms with Gasteiger partial charge in [-0.25, -0.2) is 0 Å². The number of benzene rings is 1. The van der Waals surface area contributed by atoms with Crippen molar-refractivity contribution < 1.29 is 4.79 Å². The Kier molecular flexibility index (Phi) is 4.10. The van der Waals surface area contributed by atoms with Crippen LogP contribution in [-0.4, -0.2) is 5.91 Å². The van der Waals surface area contributed by atoms with Crippen molar-refractivity contribution in [2.45, 2.75) is 26.3 Å². The van der Waals surface area contributed by atoms with E-state index in [0.29, 0.717) is 0 Å². The maximum Gasteiger partial charge on any atom is 0.243 e. The van der Waals surface area contributed by atoms with Crippen molar-refractivity contribution in [3.8, 4) is 0 Å². The van der Waals surface area contributed by atoms with Crippen LogP contribution in [0, 0.1) is 0 Å². The fraction of sp³-hybridized carbons (Fsp3) is 0.308. The smallest absolute Gasteiger partial charge is 0.243 e. The summed E-state index contributed by atoms with van der Waals surface area (Å²) in [6.07, 6.45) is 2.32. The van der Waals surface area contributed by atoms with Gasteiger partial charge in [0.15, 0.2) is 0 Å². The van der Waals surface area contributed by atoms with Gasteiger partial charge in [0, 0.05) is 0 Å². The first-order chi connectivity index (χ1) is 7.17. The zero-order chi connectivity index (χ0) is 11.3. The van der Waals surface area contributed by atoms with E-state index in [2.05, 4.69) is 31.0 Å². The number of rotatable bonds is 4. The minimum absolute atomic E-state index is 0.0291. The van der Waals surface area contributed by atoms with Crippen molar-refractivity contribution >= 4 is 5.91 Å². The van der Waals surface area contributed by atoms with Crippen LogP contribution in [0.4, 0.5) is 0 Å². The molecule has 0 heterocycles. The molecule has 0 saturated carbocycles. The molecule has 0 aliphatic rings. The Balaban J connectivity index is 2.69. The molecule has 15 heavy (non-hydrogen) atoms. The Labute approximate surface area is 91.0 Å². The molecule has 1 rings (SSSR count). The molecule has 1 unspecified atom stereocenters. The minimum Gasteiger partial charge on any atom is -0.346 e. The van der Waals surface area contributed by atoms with Gasteiger partial charge in [-0.3, -0.25) is 4.79 Å². The molecule has 0 bridgehead atoms. The predicted molar refractivity (Wildman–Crippen MR) is 62.6 cm³/mol. The van der Waals surface area contributed by atoms with Crippen molar-refractivity contribution in [2.24, 2.45) is 0 Å². The molecular formula is C13H17NO. The molecule has 0 saturated heterocycles. The second kappa shape index (κ2) is 5.35. The molecule has 0 fully saturated rings. The van der Waals surface area contributed by atoms with Crippen LogP contribution in [0.2, 0.25) is 0 Å². The number of carbonyl (C=O) groups is 1. The Bertz CT molecular complexity index is 340. The number of aryl methyl sites for hydroxylation is 1. The predicted octanol–water partition coefficient (Wildman–Crippen LogP) is 2.61. The molecule has 0 aliphatic heterocycles. The van der Waals surface area contributed by atoms with E-state index in [1.807, 2.05) is 19.1 Å². The van der Waals surface area contributed by atoms with Crippen LogP contribution in [0.3, 0.4) is 0 Å². The van der Waals surface area contributed by atoms with E-state index >= 15 is 0 Å². The molecule has 1 aromatic rings. The van der Waals surface area contributed by atoms with E-state index in [0.717, 1.165) is 12.0 Å². The number of carbonyl (C=O) groups excluding carboxylic acids is 1. The van der Waals surface area contributed by atoms with Gasteiger partial charge in [-0.2, -0.15) is 0 Å². The molecule has 0 aliphatic carbocycles. The topological polar surface area (TPSA) is 29.1 Å². The van der Waals surface area contributed by atoms with Gasteiger partial charge in [0.2, 0.25) is 5.91 Å². The number of hydrogen-bond donors (Lipinski definition) is 1. The van der Waals surface area contributed by atoms with Crippen LogP contribution in [0.25, 0.3) is 0 Å². The minimum atomic E-state index is -0.137. The lowest BCUT2D eigenvalue weighted by Crippen LogP contribution is -2.24. The lowest BCUT2D eigenvalue weighted by atomic mass is 10.1. The van der Waals surface area contributed by atoms with Crippen LogP contribution in [-0.2, 0) is 11.2 Å². The van der Waals surface area contributed by atoms with Gasteiger partial charge in [0.25, 0.3) is 0 Å². The fourth-order valence-electron chi connectivity index (χ4n) is 1.40. The van der Waals surface area contributed by atoms with Crippen LogP contribution >= 0.6 is 0 Å². The standard InChI is InChI=1S/C13H17NO/c1-4-11-6-8-12(9-7-11)10(3)14-13(15)5-2/h5-10H,2,4H2,1,3H3,(H,14,15). The largest absolute Gasteiger partial charge is 0.346 e. The quantitative estimate of drug-likeness (QED) is 0.749. The van der Waals surface area contributed by atoms with Gasteiger partial charge in [-0.15, -0.1) is 0 Å². The maximum atomic E-state index is 11.1. The highest BCUT2D eigenvalue weighted by Gasteiger charge is 2.06. The monoisotopic (exact) mass is 203 g/mol. The number of hydrogen-bond acceptors (Lipinski definition) is 1. The summed E-state index contributed by atoms with van der Waals surface area (Å²) in [5.41, 5.74) is 2.42. The number of nitrogens with one attached hydrogen (secondary N) is 1. The van der Waals surface area contributed by atoms with Crippen LogP contribution < -0.4 is 5.32 Å². The van der Waals surface area contributed by atoms with Crippen molar-refractivity contribution in [1.82, 2.24) is 5.32 Å². The maximum absolute atomic E-state index is 11.1. The third-order valence-corrected chi connectivity index (χ3v) is 2.43. The average Bonchev–Trinajstić information content (AvgIpc) is 2.29. The Morgan fingerprint density at radius 2 is 2.07 bits per heavy atom. The summed E-state index contributed by atoms with van der Waals surface area (Å²) in [4.78, 5) is 11.1. The normalized spacial score (nSPS) is 11.9. The summed E-state index contributed by atoms with van der Waals surface area (Å²) in [5, 5.41) is 2.83. The van der Waals surface area contributed by atoms with E-state index in [4.69, 9.17) is 0 Å². The Morgan fingerprint density at radius 3 is 2.53 bits per heavy atom. The van der Waals surface area contributed by atoms with E-state index < -0.39 is 0 Å². The van der Waals surface area contributed by atoms with Gasteiger partial charge >= 0.3 is 0 Å². The molecule has 1 aromatic carbocycles. The first kappa shape index (κ1) is 11.5. The van der Waals surface area contributed by atoms with Crippen molar-refractivity contribution in [3.05, 3.63) is 48.0 Å². The second-order valence-corrected chi connectivity index (χ2v) is 3.53. The molecule has 0 spiro atoms. The first-order valence-corrected chi connectivity index (χ1v) is 5.19. The van der Waals surface area contributed by atoms with E-state index in [1.165, 1.54) is 11.6 Å². The second-order valence-electron chi connectivity index (χ2n) is 3.53. The highest BCUT2D eigenvalue weighted by Crippen LogP contribution is 2.13. The van der Waals surface area contributed by atoms with Crippen LogP contribution in [0.15, 0.2) is 36.9 Å². The summed E-state index contributed by atoms with van der Waals surface area (Å²) < 4.78 is 0. The fourth-order valence-corrected chi connectivity index (χ4v) is 1.40. The summed E-state index contributed by atoms with van der Waals surface area (Å²) >= 11 is 0. The van der Waals surface area contributed by atoms with E-state index in [-0.39, 0.29) is 11.9 Å². The van der Waals surface area contributed by atoms with E-state index in [9.17, 15) is 4.79 Å². The summed E-state index contributed by atoms with van der Waals surface area (Å²) in [5.74, 6) is -0.137. The Hall–Kier alpha value is -1.57. The van der Waals surface area contributed by atoms with Crippen LogP contribution in [0.5, 0.6) is 0 Å². The molecule has 1 amide bonds. The molecule has 1 atom stereocenters. The highest BCUT2D eigenvalue weighted by atomic mass is 16.1. The van der Waals surface area contributed by atoms with Crippen molar-refractivity contribution in [2.75, 3.05) is 0 Å². The molecule has 0 aromatic heterocycles. The molecule has 2 heteroatoms. The SMILES string of the molecule is C=CC(=O)NC(C)c1ccc(CC)cc1. The van der Waals surface area contributed by atoms with Gasteiger partial charge in [0.1, 0.15) is 0 Å². The Morgan fingerprint density at radius 1 is 1.47 bits per heavy atom. The lowest BCUT2D eigenvalue weighted by molar-refractivity contribution is -0.117. The molecule has 0 radical (unpaired) electrons. The summed E-state index contributed by atoms with van der Waals surface area (Å²) in [6, 6.07) is 8.30. The van der Waals surface area contributed by atoms with Gasteiger partial charge in [-0.05, 0) is 30.5 Å². The lowest BCUT2D eigenvalue weighted by Gasteiger charge is -2.13. The van der Waals surface area contributed by atoms with E-state index in [1.54, 1.807) is 0 Å². The van der Waals surface area contributed by atoms with Crippen molar-refractivity contribution in [1.29, 1.82) is 0 Å². The summed E-state index contributed by atoms with van der Waals surface area (Å²) in [7, 11) is 0. The van der Waals surface area contributed by atoms with Crippen molar-refractivity contribution in [3.63, 3.8) is 0 Å². The summed E-state index contributed by atoms with van der Waals surface area (Å²) in [6.45, 7) is 7.51. The molecule has 1 N–H and O–H groups in total. The van der Waals surface area contributed by atoms with Gasteiger partial charge in [0.05, 0.1) is 6.04 Å². The van der Waals surface area contributed by atoms with Gasteiger partial charge < -0.3 is 5.32 Å². The highest BCUT2D eigenvalue weighted by molar-refractivity contribution is 5.87. The van der Waals surface area contributed by atoms with Gasteiger partial charge in [-0.1, -0.05) is 37.8 Å². The van der Waals surface area contributed by atoms with Crippen LogP contribution in [0.1, 0.15) is 31.0 Å². The molecular weight excluding hydrogens is 186 g/mol. The number of amides is 1. The third kappa shape index (κ3) is 3.24. The average molecular weight is 203 g/mol. The molecule has 80 valence electrons. The zero-order valence-corrected chi connectivity index (χ0v) is 9.29. The zero-order valence-electron chi connectivity index (χ0n) is 9.29.